The summed E-state index contributed by atoms with van der Waals surface area (Å²) in [6.45, 7) is 4.45. The van der Waals surface area contributed by atoms with E-state index in [0.717, 1.165) is 0 Å². The molecule has 2 unspecified atom stereocenters. The lowest BCUT2D eigenvalue weighted by Crippen LogP contribution is -2.49. The molecule has 0 aliphatic carbocycles. The van der Waals surface area contributed by atoms with Crippen LogP contribution < -0.4 is 10.5 Å². The normalized spacial score (nSPS) is 19.7. The van der Waals surface area contributed by atoms with Crippen LogP contribution in [0.2, 0.25) is 0 Å². The van der Waals surface area contributed by atoms with E-state index in [2.05, 4.69) is 0 Å². The molecule has 2 rings (SSSR count). The first-order valence-corrected chi connectivity index (χ1v) is 8.47. The molecule has 1 aromatic rings. The molecule has 142 valence electrons. The number of hydrogen-bond acceptors (Lipinski definition) is 6. The fourth-order valence-corrected chi connectivity index (χ4v) is 2.73. The van der Waals surface area contributed by atoms with E-state index in [9.17, 15) is 14.4 Å². The number of hydrogen-bond donors (Lipinski definition) is 1. The van der Waals surface area contributed by atoms with E-state index >= 15 is 0 Å². The van der Waals surface area contributed by atoms with Gasteiger partial charge in [0.15, 0.2) is 6.61 Å². The molecule has 1 heterocycles. The number of ether oxygens (including phenoxy) is 3. The van der Waals surface area contributed by atoms with Crippen molar-refractivity contribution in [2.75, 3.05) is 26.3 Å². The van der Waals surface area contributed by atoms with Gasteiger partial charge in [0.1, 0.15) is 5.75 Å². The maximum Gasteiger partial charge on any atom is 0.309 e. The smallest absolute Gasteiger partial charge is 0.309 e. The van der Waals surface area contributed by atoms with Gasteiger partial charge in [-0.15, -0.1) is 0 Å². The minimum Gasteiger partial charge on any atom is -0.492 e. The van der Waals surface area contributed by atoms with Gasteiger partial charge in [0.2, 0.25) is 0 Å². The van der Waals surface area contributed by atoms with Crippen molar-refractivity contribution in [3.63, 3.8) is 0 Å². The van der Waals surface area contributed by atoms with Crippen molar-refractivity contribution in [3.05, 3.63) is 29.8 Å². The van der Waals surface area contributed by atoms with Crippen molar-refractivity contribution in [2.45, 2.75) is 32.5 Å². The number of amides is 2. The highest BCUT2D eigenvalue weighted by molar-refractivity contribution is 5.95. The molecule has 1 fully saturated rings. The summed E-state index contributed by atoms with van der Waals surface area (Å²) >= 11 is 0. The van der Waals surface area contributed by atoms with Crippen LogP contribution >= 0.6 is 0 Å². The molecule has 2 amide bonds. The summed E-state index contributed by atoms with van der Waals surface area (Å²) < 4.78 is 16.0. The number of carbonyl (C=O) groups excluding carboxylic acids is 3. The van der Waals surface area contributed by atoms with E-state index in [1.807, 2.05) is 13.8 Å². The van der Waals surface area contributed by atoms with E-state index in [1.165, 1.54) is 0 Å². The Labute approximate surface area is 152 Å². The van der Waals surface area contributed by atoms with Gasteiger partial charge in [0.05, 0.1) is 30.8 Å². The third-order valence-corrected chi connectivity index (χ3v) is 3.85. The molecule has 0 aromatic heterocycles. The van der Waals surface area contributed by atoms with Gasteiger partial charge in [0, 0.05) is 13.1 Å². The van der Waals surface area contributed by atoms with Gasteiger partial charge >= 0.3 is 5.97 Å². The Morgan fingerprint density at radius 3 is 2.50 bits per heavy atom. The van der Waals surface area contributed by atoms with Gasteiger partial charge in [-0.1, -0.05) is 12.1 Å². The molecule has 1 aromatic carbocycles. The van der Waals surface area contributed by atoms with E-state index < -0.39 is 11.9 Å². The van der Waals surface area contributed by atoms with Crippen molar-refractivity contribution in [3.8, 4) is 5.75 Å². The van der Waals surface area contributed by atoms with Crippen LogP contribution in [0, 0.1) is 0 Å². The topological polar surface area (TPSA) is 108 Å². The van der Waals surface area contributed by atoms with Crippen LogP contribution in [0.4, 0.5) is 0 Å². The van der Waals surface area contributed by atoms with E-state index in [1.54, 1.807) is 29.2 Å². The molecule has 0 saturated carbocycles. The summed E-state index contributed by atoms with van der Waals surface area (Å²) in [6, 6.07) is 6.50. The number of morpholine rings is 1. The second-order valence-corrected chi connectivity index (χ2v) is 6.18. The molecule has 0 spiro atoms. The number of benzene rings is 1. The van der Waals surface area contributed by atoms with Gasteiger partial charge in [0.25, 0.3) is 11.8 Å². The van der Waals surface area contributed by atoms with Crippen molar-refractivity contribution in [1.82, 2.24) is 4.90 Å². The average molecular weight is 364 g/mol. The Hall–Kier alpha value is -2.61. The number of esters is 1. The number of para-hydroxylation sites is 1. The minimum absolute atomic E-state index is 0.0168. The number of carbonyl (C=O) groups is 3. The van der Waals surface area contributed by atoms with Gasteiger partial charge in [-0.2, -0.15) is 0 Å². The predicted octanol–water partition coefficient (Wildman–Crippen LogP) is 0.733. The van der Waals surface area contributed by atoms with Crippen LogP contribution in [0.15, 0.2) is 24.3 Å². The van der Waals surface area contributed by atoms with Crippen molar-refractivity contribution < 1.29 is 28.6 Å². The molecule has 0 bridgehead atoms. The lowest BCUT2D eigenvalue weighted by atomic mass is 10.2. The molecule has 8 heteroatoms. The largest absolute Gasteiger partial charge is 0.492 e. The van der Waals surface area contributed by atoms with E-state index in [0.29, 0.717) is 18.8 Å². The first kappa shape index (κ1) is 19.7. The Balaban J connectivity index is 1.72. The van der Waals surface area contributed by atoms with Crippen molar-refractivity contribution in [2.24, 2.45) is 5.73 Å². The van der Waals surface area contributed by atoms with Gasteiger partial charge in [-0.3, -0.25) is 14.4 Å². The average Bonchev–Trinajstić information content (AvgIpc) is 2.59. The van der Waals surface area contributed by atoms with Crippen LogP contribution in [0.1, 0.15) is 30.6 Å². The number of nitrogens with zero attached hydrogens (tertiary/aromatic N) is 1. The number of nitrogens with two attached hydrogens (primary N) is 1. The lowest BCUT2D eigenvalue weighted by molar-refractivity contribution is -0.157. The quantitative estimate of drug-likeness (QED) is 0.715. The second kappa shape index (κ2) is 9.19. The predicted molar refractivity (Wildman–Crippen MR) is 92.6 cm³/mol. The Morgan fingerprint density at radius 1 is 1.19 bits per heavy atom. The van der Waals surface area contributed by atoms with Crippen LogP contribution in [0.5, 0.6) is 5.75 Å². The minimum atomic E-state index is -0.609. The van der Waals surface area contributed by atoms with Gasteiger partial charge in [-0.25, -0.2) is 0 Å². The summed E-state index contributed by atoms with van der Waals surface area (Å²) in [4.78, 5) is 36.8. The first-order chi connectivity index (χ1) is 12.4. The highest BCUT2D eigenvalue weighted by atomic mass is 16.5. The molecule has 2 N–H and O–H groups in total. The summed E-state index contributed by atoms with van der Waals surface area (Å²) in [6.07, 6.45) is -0.134. The maximum absolute atomic E-state index is 12.1. The van der Waals surface area contributed by atoms with E-state index in [-0.39, 0.29) is 43.3 Å². The Morgan fingerprint density at radius 2 is 1.85 bits per heavy atom. The third-order valence-electron chi connectivity index (χ3n) is 3.85. The zero-order chi connectivity index (χ0) is 19.1. The lowest BCUT2D eigenvalue weighted by Gasteiger charge is -2.35. The van der Waals surface area contributed by atoms with Crippen LogP contribution in [0.25, 0.3) is 0 Å². The molecule has 0 radical (unpaired) electrons. The molecule has 2 atom stereocenters. The molecule has 1 saturated heterocycles. The Bertz CT molecular complexity index is 653. The molecule has 1 aliphatic rings. The summed E-state index contributed by atoms with van der Waals surface area (Å²) in [5.41, 5.74) is 5.50. The summed E-state index contributed by atoms with van der Waals surface area (Å²) in [5, 5.41) is 0. The summed E-state index contributed by atoms with van der Waals surface area (Å²) in [5.74, 6) is -1.10. The van der Waals surface area contributed by atoms with Crippen LogP contribution in [-0.4, -0.2) is 61.2 Å². The SMILES string of the molecule is CC1CN(C(=O)COC(=O)CCOc2ccccc2C(N)=O)CC(C)O1. The fraction of sp³-hybridized carbons (Fsp3) is 0.500. The highest BCUT2D eigenvalue weighted by Crippen LogP contribution is 2.17. The highest BCUT2D eigenvalue weighted by Gasteiger charge is 2.26. The fourth-order valence-electron chi connectivity index (χ4n) is 2.73. The van der Waals surface area contributed by atoms with E-state index in [4.69, 9.17) is 19.9 Å². The summed E-state index contributed by atoms with van der Waals surface area (Å²) in [7, 11) is 0. The van der Waals surface area contributed by atoms with Crippen molar-refractivity contribution in [1.29, 1.82) is 0 Å². The standard InChI is InChI=1S/C18H24N2O6/c1-12-9-20(10-13(2)26-12)16(21)11-25-17(22)7-8-24-15-6-4-3-5-14(15)18(19)23/h3-6,12-13H,7-11H2,1-2H3,(H2,19,23). The zero-order valence-corrected chi connectivity index (χ0v) is 15.0. The number of rotatable bonds is 7. The first-order valence-electron chi connectivity index (χ1n) is 8.47. The van der Waals surface area contributed by atoms with Crippen LogP contribution in [0.3, 0.4) is 0 Å². The zero-order valence-electron chi connectivity index (χ0n) is 15.0. The molecule has 8 nitrogen and oxygen atoms in total. The molecular formula is C18H24N2O6. The third kappa shape index (κ3) is 5.73. The number of primary amides is 1. The molecule has 26 heavy (non-hydrogen) atoms. The molecular weight excluding hydrogens is 340 g/mol. The second-order valence-electron chi connectivity index (χ2n) is 6.18. The molecule has 1 aliphatic heterocycles. The van der Waals surface area contributed by atoms with Gasteiger partial charge in [-0.05, 0) is 26.0 Å². The van der Waals surface area contributed by atoms with Crippen LogP contribution in [-0.2, 0) is 19.1 Å². The monoisotopic (exact) mass is 364 g/mol. The van der Waals surface area contributed by atoms with Crippen molar-refractivity contribution >= 4 is 17.8 Å². The maximum atomic E-state index is 12.1. The Kier molecular flexibility index (Phi) is 6.97. The van der Waals surface area contributed by atoms with Gasteiger partial charge < -0.3 is 24.8 Å².